The largest absolute Gasteiger partial charge is 0.326 e. The molecule has 1 aliphatic heterocycles. The number of fused-ring (bicyclic) bond motifs is 1. The molecule has 1 heterocycles. The summed E-state index contributed by atoms with van der Waals surface area (Å²) in [6.07, 6.45) is 3.20. The third-order valence-electron chi connectivity index (χ3n) is 3.31. The number of carbonyl (C=O) groups excluding carboxylic acids is 1. The molecule has 16 heavy (non-hydrogen) atoms. The topological polar surface area (TPSA) is 41.1 Å². The molecule has 84 valence electrons. The van der Waals surface area contributed by atoms with Crippen LogP contribution in [0.2, 0.25) is 0 Å². The maximum atomic E-state index is 11.6. The Hall–Kier alpha value is -1.35. The molecular weight excluding hydrogens is 200 g/mol. The van der Waals surface area contributed by atoms with Gasteiger partial charge in [0, 0.05) is 18.2 Å². The third kappa shape index (κ3) is 1.95. The normalized spacial score (nSPS) is 19.0. The van der Waals surface area contributed by atoms with Crippen LogP contribution >= 0.6 is 0 Å². The number of hydrogen-bond acceptors (Lipinski definition) is 2. The number of rotatable bonds is 2. The number of anilines is 1. The molecule has 0 unspecified atom stereocenters. The molecule has 0 bridgehead atoms. The van der Waals surface area contributed by atoms with Crippen molar-refractivity contribution in [3.63, 3.8) is 0 Å². The summed E-state index contributed by atoms with van der Waals surface area (Å²) < 4.78 is 0. The van der Waals surface area contributed by atoms with E-state index in [0.29, 0.717) is 0 Å². The number of benzene rings is 1. The fraction of sp³-hybridized carbons (Fsp3) is 0.462. The molecular formula is C13H16N2O. The second-order valence-electron chi connectivity index (χ2n) is 4.67. The Morgan fingerprint density at radius 3 is 3.00 bits per heavy atom. The van der Waals surface area contributed by atoms with Crippen LogP contribution in [-0.4, -0.2) is 12.5 Å². The van der Waals surface area contributed by atoms with Crippen LogP contribution in [0.3, 0.4) is 0 Å². The molecule has 2 N–H and O–H groups in total. The Bertz CT molecular complexity index is 424. The quantitative estimate of drug-likeness (QED) is 0.789. The van der Waals surface area contributed by atoms with E-state index < -0.39 is 0 Å². The molecule has 1 saturated carbocycles. The van der Waals surface area contributed by atoms with Crippen LogP contribution in [0.5, 0.6) is 0 Å². The summed E-state index contributed by atoms with van der Waals surface area (Å²) in [5.41, 5.74) is 3.67. The van der Waals surface area contributed by atoms with Gasteiger partial charge in [-0.05, 0) is 49.1 Å². The van der Waals surface area contributed by atoms with Crippen LogP contribution in [0, 0.1) is 5.92 Å². The molecule has 0 radical (unpaired) electrons. The third-order valence-corrected chi connectivity index (χ3v) is 3.31. The van der Waals surface area contributed by atoms with Crippen molar-refractivity contribution in [3.05, 3.63) is 29.3 Å². The fourth-order valence-electron chi connectivity index (χ4n) is 2.15. The van der Waals surface area contributed by atoms with Gasteiger partial charge in [-0.25, -0.2) is 0 Å². The van der Waals surface area contributed by atoms with Gasteiger partial charge in [0.1, 0.15) is 0 Å². The Balaban J connectivity index is 1.77. The van der Waals surface area contributed by atoms with Crippen LogP contribution in [-0.2, 0) is 17.8 Å². The van der Waals surface area contributed by atoms with E-state index in [1.54, 1.807) is 0 Å². The summed E-state index contributed by atoms with van der Waals surface area (Å²) in [5, 5.41) is 6.33. The van der Waals surface area contributed by atoms with Crippen molar-refractivity contribution in [1.29, 1.82) is 0 Å². The average molecular weight is 216 g/mol. The van der Waals surface area contributed by atoms with Crippen molar-refractivity contribution < 1.29 is 4.79 Å². The molecule has 1 aromatic carbocycles. The predicted molar refractivity (Wildman–Crippen MR) is 63.2 cm³/mol. The van der Waals surface area contributed by atoms with Gasteiger partial charge in [0.2, 0.25) is 5.91 Å². The van der Waals surface area contributed by atoms with Crippen molar-refractivity contribution >= 4 is 11.6 Å². The van der Waals surface area contributed by atoms with Crippen LogP contribution in [0.4, 0.5) is 5.69 Å². The van der Waals surface area contributed by atoms with Crippen molar-refractivity contribution in [3.8, 4) is 0 Å². The highest BCUT2D eigenvalue weighted by Gasteiger charge is 2.29. The number of amides is 1. The summed E-state index contributed by atoms with van der Waals surface area (Å²) in [4.78, 5) is 11.6. The van der Waals surface area contributed by atoms with E-state index in [2.05, 4.69) is 22.8 Å². The molecule has 1 amide bonds. The van der Waals surface area contributed by atoms with Gasteiger partial charge >= 0.3 is 0 Å². The van der Waals surface area contributed by atoms with Crippen molar-refractivity contribution in [2.75, 3.05) is 11.9 Å². The van der Waals surface area contributed by atoms with E-state index in [9.17, 15) is 4.79 Å². The minimum absolute atomic E-state index is 0.184. The van der Waals surface area contributed by atoms with E-state index in [1.807, 2.05) is 6.07 Å². The molecule has 0 aromatic heterocycles. The lowest BCUT2D eigenvalue weighted by atomic mass is 10.0. The van der Waals surface area contributed by atoms with Crippen molar-refractivity contribution in [2.24, 2.45) is 5.92 Å². The predicted octanol–water partition coefficient (Wildman–Crippen LogP) is 1.68. The molecule has 1 aliphatic carbocycles. The highest BCUT2D eigenvalue weighted by Crippen LogP contribution is 2.30. The second-order valence-corrected chi connectivity index (χ2v) is 4.67. The summed E-state index contributed by atoms with van der Waals surface area (Å²) in [6.45, 7) is 1.98. The van der Waals surface area contributed by atoms with E-state index in [0.717, 1.165) is 38.0 Å². The number of carbonyl (C=O) groups is 1. The van der Waals surface area contributed by atoms with Gasteiger partial charge in [-0.2, -0.15) is 0 Å². The first kappa shape index (κ1) is 9.85. The zero-order valence-corrected chi connectivity index (χ0v) is 9.25. The van der Waals surface area contributed by atoms with Gasteiger partial charge in [-0.15, -0.1) is 0 Å². The fourth-order valence-corrected chi connectivity index (χ4v) is 2.15. The first-order valence-corrected chi connectivity index (χ1v) is 5.96. The van der Waals surface area contributed by atoms with E-state index in [1.165, 1.54) is 11.1 Å². The Morgan fingerprint density at radius 2 is 2.19 bits per heavy atom. The Kier molecular flexibility index (Phi) is 2.40. The van der Waals surface area contributed by atoms with Crippen LogP contribution in [0.1, 0.15) is 24.0 Å². The smallest absolute Gasteiger partial charge is 0.227 e. The molecule has 3 heteroatoms. The summed E-state index contributed by atoms with van der Waals surface area (Å²) >= 11 is 0. The van der Waals surface area contributed by atoms with Crippen LogP contribution in [0.15, 0.2) is 18.2 Å². The monoisotopic (exact) mass is 216 g/mol. The van der Waals surface area contributed by atoms with Gasteiger partial charge < -0.3 is 10.6 Å². The molecule has 3 nitrogen and oxygen atoms in total. The van der Waals surface area contributed by atoms with Crippen molar-refractivity contribution in [2.45, 2.75) is 25.8 Å². The van der Waals surface area contributed by atoms with E-state index in [4.69, 9.17) is 0 Å². The standard InChI is InChI=1S/C13H16N2O/c16-13(10-1-2-10)15-12-4-3-9-5-6-14-8-11(9)7-12/h3-4,7,10,14H,1-2,5-6,8H2,(H,15,16). The minimum atomic E-state index is 0.184. The van der Waals surface area contributed by atoms with Gasteiger partial charge in [0.15, 0.2) is 0 Å². The summed E-state index contributed by atoms with van der Waals surface area (Å²) in [5.74, 6) is 0.456. The SMILES string of the molecule is O=C(Nc1ccc2c(c1)CNCC2)C1CC1. The zero-order chi connectivity index (χ0) is 11.0. The highest BCUT2D eigenvalue weighted by atomic mass is 16.2. The van der Waals surface area contributed by atoms with Gasteiger partial charge in [-0.1, -0.05) is 6.07 Å². The lowest BCUT2D eigenvalue weighted by Gasteiger charge is -2.18. The molecule has 0 atom stereocenters. The minimum Gasteiger partial charge on any atom is -0.326 e. The van der Waals surface area contributed by atoms with Crippen LogP contribution in [0.25, 0.3) is 0 Å². The lowest BCUT2D eigenvalue weighted by Crippen LogP contribution is -2.23. The zero-order valence-electron chi connectivity index (χ0n) is 9.25. The molecule has 1 fully saturated rings. The van der Waals surface area contributed by atoms with Crippen LogP contribution < -0.4 is 10.6 Å². The number of hydrogen-bond donors (Lipinski definition) is 2. The van der Waals surface area contributed by atoms with Crippen molar-refractivity contribution in [1.82, 2.24) is 5.32 Å². The average Bonchev–Trinajstić information content (AvgIpc) is 3.12. The highest BCUT2D eigenvalue weighted by molar-refractivity contribution is 5.94. The lowest BCUT2D eigenvalue weighted by molar-refractivity contribution is -0.117. The first-order valence-electron chi connectivity index (χ1n) is 5.96. The van der Waals surface area contributed by atoms with Gasteiger partial charge in [0.25, 0.3) is 0 Å². The summed E-state index contributed by atoms with van der Waals surface area (Å²) in [7, 11) is 0. The maximum Gasteiger partial charge on any atom is 0.227 e. The second kappa shape index (κ2) is 3.91. The molecule has 2 aliphatic rings. The Labute approximate surface area is 95.2 Å². The molecule has 3 rings (SSSR count). The maximum absolute atomic E-state index is 11.6. The first-order chi connectivity index (χ1) is 7.83. The molecule has 1 aromatic rings. The van der Waals surface area contributed by atoms with Gasteiger partial charge in [0.05, 0.1) is 0 Å². The van der Waals surface area contributed by atoms with Gasteiger partial charge in [-0.3, -0.25) is 4.79 Å². The number of nitrogens with one attached hydrogen (secondary N) is 2. The molecule has 0 spiro atoms. The van der Waals surface area contributed by atoms with E-state index in [-0.39, 0.29) is 11.8 Å². The molecule has 0 saturated heterocycles. The van der Waals surface area contributed by atoms with E-state index >= 15 is 0 Å². The summed E-state index contributed by atoms with van der Waals surface area (Å²) in [6, 6.07) is 6.25. The Morgan fingerprint density at radius 1 is 1.31 bits per heavy atom.